The van der Waals surface area contributed by atoms with Gasteiger partial charge in [0.25, 0.3) is 0 Å². The van der Waals surface area contributed by atoms with Crippen molar-refractivity contribution in [1.29, 1.82) is 0 Å². The van der Waals surface area contributed by atoms with Crippen LogP contribution in [0, 0.1) is 11.6 Å². The zero-order chi connectivity index (χ0) is 21.5. The van der Waals surface area contributed by atoms with E-state index >= 15 is 0 Å². The lowest BCUT2D eigenvalue weighted by atomic mass is 10.2. The van der Waals surface area contributed by atoms with Crippen molar-refractivity contribution in [3.63, 3.8) is 0 Å². The Morgan fingerprint density at radius 1 is 1.10 bits per heavy atom. The molecule has 0 unspecified atom stereocenters. The highest BCUT2D eigenvalue weighted by Gasteiger charge is 2.32. The van der Waals surface area contributed by atoms with Gasteiger partial charge in [-0.1, -0.05) is 17.7 Å². The van der Waals surface area contributed by atoms with Gasteiger partial charge in [-0.3, -0.25) is 0 Å². The van der Waals surface area contributed by atoms with Crippen LogP contribution < -0.4 is 9.30 Å². The predicted molar refractivity (Wildman–Crippen MR) is 98.9 cm³/mol. The second kappa shape index (κ2) is 7.56. The maximum absolute atomic E-state index is 14.0. The van der Waals surface area contributed by atoms with Crippen LogP contribution in [0.5, 0.6) is 5.75 Å². The third kappa shape index (κ3) is 4.20. The highest BCUT2D eigenvalue weighted by atomic mass is 35.5. The molecule has 30 heavy (non-hydrogen) atoms. The summed E-state index contributed by atoms with van der Waals surface area (Å²) in [5.41, 5.74) is 1.75. The van der Waals surface area contributed by atoms with Crippen LogP contribution in [-0.4, -0.2) is 16.3 Å². The Hall–Kier alpha value is -3.20. The van der Waals surface area contributed by atoms with Crippen LogP contribution in [0.3, 0.4) is 0 Å². The number of rotatable bonds is 4. The summed E-state index contributed by atoms with van der Waals surface area (Å²) in [5.74, 6) is -2.28. The predicted octanol–water partition coefficient (Wildman–Crippen LogP) is 5.40. The topological polar surface area (TPSA) is 41.8 Å². The Labute approximate surface area is 171 Å². The largest absolute Gasteiger partial charge is 0.573 e. The fraction of sp³-hybridized carbons (Fsp3) is 0.100. The fourth-order valence-electron chi connectivity index (χ4n) is 2.97. The molecule has 2 aromatic heterocycles. The number of aromatic amines is 1. The van der Waals surface area contributed by atoms with Crippen LogP contribution in [0.2, 0.25) is 5.02 Å². The molecule has 0 bridgehead atoms. The lowest BCUT2D eigenvalue weighted by Crippen LogP contribution is -2.33. The monoisotopic (exact) mass is 440 g/mol. The average molecular weight is 441 g/mol. The number of hydrogen-bond acceptors (Lipinski definition) is 2. The van der Waals surface area contributed by atoms with Gasteiger partial charge in [-0.15, -0.1) is 13.2 Å². The van der Waals surface area contributed by atoms with Gasteiger partial charge < -0.3 is 9.72 Å². The number of H-pyrrole nitrogens is 1. The minimum Gasteiger partial charge on any atom is -0.404 e. The lowest BCUT2D eigenvalue weighted by molar-refractivity contribution is -0.687. The van der Waals surface area contributed by atoms with Gasteiger partial charge in [-0.2, -0.15) is 4.57 Å². The van der Waals surface area contributed by atoms with Crippen LogP contribution in [0.4, 0.5) is 22.0 Å². The molecule has 0 spiro atoms. The Balaban J connectivity index is 1.60. The van der Waals surface area contributed by atoms with E-state index in [1.54, 1.807) is 23.0 Å². The summed E-state index contributed by atoms with van der Waals surface area (Å²) in [4.78, 5) is 7.22. The van der Waals surface area contributed by atoms with E-state index in [1.807, 2.05) is 0 Å². The standard InChI is InChI=1S/C20H11ClF5N3O/c21-13-8-11(4-5-17(13)30-20(24,25)26)9-29-7-6-15-16(10-29)28-19(27-15)12-2-1-3-14(22)18(12)23/h1-8,10H,9H2/p+1. The molecule has 2 aromatic carbocycles. The molecule has 2 heterocycles. The minimum atomic E-state index is -4.83. The van der Waals surface area contributed by atoms with Crippen LogP contribution in [-0.2, 0) is 6.54 Å². The smallest absolute Gasteiger partial charge is 0.404 e. The lowest BCUT2D eigenvalue weighted by Gasteiger charge is -2.10. The van der Waals surface area contributed by atoms with Crippen molar-refractivity contribution in [2.45, 2.75) is 12.9 Å². The molecule has 154 valence electrons. The van der Waals surface area contributed by atoms with Crippen molar-refractivity contribution in [3.05, 3.63) is 77.1 Å². The Kier molecular flexibility index (Phi) is 5.07. The van der Waals surface area contributed by atoms with Gasteiger partial charge in [0.15, 0.2) is 30.6 Å². The van der Waals surface area contributed by atoms with Gasteiger partial charge in [0.05, 0.1) is 10.6 Å². The maximum Gasteiger partial charge on any atom is 0.573 e. The van der Waals surface area contributed by atoms with E-state index < -0.39 is 23.7 Å². The number of aromatic nitrogens is 3. The molecule has 0 amide bonds. The highest BCUT2D eigenvalue weighted by Crippen LogP contribution is 2.30. The summed E-state index contributed by atoms with van der Waals surface area (Å²) >= 11 is 5.88. The zero-order valence-electron chi connectivity index (χ0n) is 15.0. The van der Waals surface area contributed by atoms with Gasteiger partial charge >= 0.3 is 6.36 Å². The molecule has 4 rings (SSSR count). The molecule has 0 saturated carbocycles. The summed E-state index contributed by atoms with van der Waals surface area (Å²) < 4.78 is 70.1. The van der Waals surface area contributed by atoms with Crippen molar-refractivity contribution < 1.29 is 31.3 Å². The molecule has 0 atom stereocenters. The van der Waals surface area contributed by atoms with E-state index in [9.17, 15) is 22.0 Å². The van der Waals surface area contributed by atoms with E-state index in [4.69, 9.17) is 11.6 Å². The summed E-state index contributed by atoms with van der Waals surface area (Å²) in [7, 11) is 0. The average Bonchev–Trinajstić information content (AvgIpc) is 3.08. The van der Waals surface area contributed by atoms with Crippen molar-refractivity contribution in [1.82, 2.24) is 9.97 Å². The first kappa shape index (κ1) is 20.1. The number of ether oxygens (including phenoxy) is 1. The molecule has 10 heteroatoms. The molecular weight excluding hydrogens is 429 g/mol. The molecule has 4 nitrogen and oxygen atoms in total. The first-order chi connectivity index (χ1) is 14.2. The summed E-state index contributed by atoms with van der Waals surface area (Å²) in [6, 6.07) is 9.48. The third-order valence-corrected chi connectivity index (χ3v) is 4.57. The third-order valence-electron chi connectivity index (χ3n) is 4.27. The van der Waals surface area contributed by atoms with Gasteiger partial charge in [0.1, 0.15) is 22.6 Å². The van der Waals surface area contributed by atoms with Crippen molar-refractivity contribution in [2.24, 2.45) is 0 Å². The second-order valence-corrected chi connectivity index (χ2v) is 6.82. The second-order valence-electron chi connectivity index (χ2n) is 6.42. The molecular formula is C20H12ClF5N3O+. The van der Waals surface area contributed by atoms with Gasteiger partial charge in [0.2, 0.25) is 0 Å². The summed E-state index contributed by atoms with van der Waals surface area (Å²) in [6.07, 6.45) is -1.44. The van der Waals surface area contributed by atoms with Gasteiger partial charge in [-0.05, 0) is 30.3 Å². The number of halogens is 6. The van der Waals surface area contributed by atoms with Crippen LogP contribution in [0.1, 0.15) is 5.56 Å². The molecule has 1 N–H and O–H groups in total. The zero-order valence-corrected chi connectivity index (χ0v) is 15.7. The highest BCUT2D eigenvalue weighted by molar-refractivity contribution is 6.32. The first-order valence-electron chi connectivity index (χ1n) is 8.57. The summed E-state index contributed by atoms with van der Waals surface area (Å²) in [6.45, 7) is 0.296. The Morgan fingerprint density at radius 3 is 2.63 bits per heavy atom. The van der Waals surface area contributed by atoms with Crippen LogP contribution in [0.25, 0.3) is 22.4 Å². The molecule has 0 saturated heterocycles. The number of hydrogen-bond donors (Lipinski definition) is 1. The quantitative estimate of drug-likeness (QED) is 0.341. The van der Waals surface area contributed by atoms with E-state index in [0.29, 0.717) is 23.1 Å². The molecule has 4 aromatic rings. The first-order valence-corrected chi connectivity index (χ1v) is 8.95. The van der Waals surface area contributed by atoms with E-state index in [1.165, 1.54) is 24.3 Å². The van der Waals surface area contributed by atoms with Crippen molar-refractivity contribution in [3.8, 4) is 17.1 Å². The number of benzene rings is 2. The molecule has 0 radical (unpaired) electrons. The minimum absolute atomic E-state index is 0.00443. The SMILES string of the molecule is Fc1cccc(-c2nc3cc[n+](Cc4ccc(OC(F)(F)F)c(Cl)c4)cc3[nH]2)c1F. The van der Waals surface area contributed by atoms with Crippen LogP contribution in [0.15, 0.2) is 54.9 Å². The molecule has 0 fully saturated rings. The Morgan fingerprint density at radius 2 is 1.90 bits per heavy atom. The van der Waals surface area contributed by atoms with E-state index in [2.05, 4.69) is 14.7 Å². The molecule has 0 aliphatic carbocycles. The van der Waals surface area contributed by atoms with E-state index in [-0.39, 0.29) is 16.4 Å². The van der Waals surface area contributed by atoms with Crippen molar-refractivity contribution in [2.75, 3.05) is 0 Å². The number of imidazole rings is 1. The molecule has 0 aliphatic rings. The fourth-order valence-corrected chi connectivity index (χ4v) is 3.22. The summed E-state index contributed by atoms with van der Waals surface area (Å²) in [5, 5.41) is -0.170. The number of pyridine rings is 1. The normalized spacial score (nSPS) is 11.8. The van der Waals surface area contributed by atoms with E-state index in [0.717, 1.165) is 12.1 Å². The number of fused-ring (bicyclic) bond motifs is 1. The Bertz CT molecular complexity index is 1240. The number of nitrogens with zero attached hydrogens (tertiary/aromatic N) is 2. The van der Waals surface area contributed by atoms with Gasteiger partial charge in [0, 0.05) is 11.6 Å². The van der Waals surface area contributed by atoms with Crippen molar-refractivity contribution >= 4 is 22.6 Å². The molecule has 0 aliphatic heterocycles. The van der Waals surface area contributed by atoms with Crippen LogP contribution >= 0.6 is 11.6 Å². The maximum atomic E-state index is 14.0. The number of alkyl halides is 3. The number of nitrogens with one attached hydrogen (secondary N) is 1. The van der Waals surface area contributed by atoms with Gasteiger partial charge in [-0.25, -0.2) is 13.8 Å².